The molecule has 0 radical (unpaired) electrons. The molecule has 1 aliphatic carbocycles. The van der Waals surface area contributed by atoms with Crippen molar-refractivity contribution >= 4 is 5.69 Å². The molecule has 1 aromatic rings. The van der Waals surface area contributed by atoms with Crippen LogP contribution in [0.1, 0.15) is 25.7 Å². The van der Waals surface area contributed by atoms with Gasteiger partial charge < -0.3 is 10.1 Å². The fraction of sp³-hybridized carbons (Fsp3) is 0.571. The van der Waals surface area contributed by atoms with Crippen molar-refractivity contribution in [3.8, 4) is 5.75 Å². The van der Waals surface area contributed by atoms with Crippen molar-refractivity contribution in [2.75, 3.05) is 12.4 Å². The second-order valence-electron chi connectivity index (χ2n) is 5.08. The molecule has 1 aliphatic rings. The van der Waals surface area contributed by atoms with Gasteiger partial charge in [-0.25, -0.2) is 4.39 Å². The Labute approximate surface area is 115 Å². The highest BCUT2D eigenvalue weighted by Gasteiger charge is 2.41. The van der Waals surface area contributed by atoms with E-state index in [-0.39, 0.29) is 18.9 Å². The Morgan fingerprint density at radius 1 is 1.15 bits per heavy atom. The first-order chi connectivity index (χ1) is 9.40. The summed E-state index contributed by atoms with van der Waals surface area (Å²) in [6, 6.07) is 4.06. The lowest BCUT2D eigenvalue weighted by atomic mass is 9.85. The highest BCUT2D eigenvalue weighted by molar-refractivity contribution is 5.57. The van der Waals surface area contributed by atoms with E-state index in [0.29, 0.717) is 24.3 Å². The molecule has 112 valence electrons. The van der Waals surface area contributed by atoms with Crippen LogP contribution < -0.4 is 10.1 Å². The maximum Gasteiger partial charge on any atom is 0.391 e. The average Bonchev–Trinajstić information content (AvgIpc) is 2.40. The summed E-state index contributed by atoms with van der Waals surface area (Å²) in [6.07, 6.45) is -2.94. The average molecular weight is 291 g/mol. The molecule has 6 heteroatoms. The van der Waals surface area contributed by atoms with Gasteiger partial charge in [-0.1, -0.05) is 0 Å². The Morgan fingerprint density at radius 2 is 1.80 bits per heavy atom. The van der Waals surface area contributed by atoms with Crippen LogP contribution in [0.15, 0.2) is 18.2 Å². The van der Waals surface area contributed by atoms with E-state index in [0.717, 1.165) is 0 Å². The molecule has 1 N–H and O–H groups in total. The van der Waals surface area contributed by atoms with Crippen LogP contribution in [0.3, 0.4) is 0 Å². The quantitative estimate of drug-likeness (QED) is 0.835. The number of anilines is 1. The Kier molecular flexibility index (Phi) is 4.40. The van der Waals surface area contributed by atoms with E-state index in [1.54, 1.807) is 6.07 Å². The molecule has 0 amide bonds. The first-order valence-electron chi connectivity index (χ1n) is 6.57. The zero-order valence-corrected chi connectivity index (χ0v) is 11.1. The smallest absolute Gasteiger partial charge is 0.391 e. The minimum absolute atomic E-state index is 0.0343. The van der Waals surface area contributed by atoms with Gasteiger partial charge in [0.05, 0.1) is 18.7 Å². The van der Waals surface area contributed by atoms with Gasteiger partial charge in [-0.15, -0.1) is 0 Å². The number of ether oxygens (including phenoxy) is 1. The molecular weight excluding hydrogens is 274 g/mol. The van der Waals surface area contributed by atoms with Gasteiger partial charge in [0.15, 0.2) is 0 Å². The molecule has 2 rings (SSSR count). The van der Waals surface area contributed by atoms with E-state index in [4.69, 9.17) is 4.74 Å². The summed E-state index contributed by atoms with van der Waals surface area (Å²) in [4.78, 5) is 0. The Balaban J connectivity index is 1.96. The van der Waals surface area contributed by atoms with E-state index in [2.05, 4.69) is 5.32 Å². The molecule has 1 aromatic carbocycles. The number of hydrogen-bond donors (Lipinski definition) is 1. The summed E-state index contributed by atoms with van der Waals surface area (Å²) >= 11 is 0. The SMILES string of the molecule is COc1cc(F)ccc1NC1CCC(C(F)(F)F)CC1. The zero-order chi connectivity index (χ0) is 14.8. The van der Waals surface area contributed by atoms with E-state index in [9.17, 15) is 17.6 Å². The van der Waals surface area contributed by atoms with Crippen LogP contribution in [0.2, 0.25) is 0 Å². The van der Waals surface area contributed by atoms with Crippen LogP contribution >= 0.6 is 0 Å². The van der Waals surface area contributed by atoms with Crippen LogP contribution in [-0.2, 0) is 0 Å². The largest absolute Gasteiger partial charge is 0.494 e. The molecule has 0 bridgehead atoms. The summed E-state index contributed by atoms with van der Waals surface area (Å²) in [6.45, 7) is 0. The third kappa shape index (κ3) is 3.55. The van der Waals surface area contributed by atoms with Crippen molar-refractivity contribution in [1.82, 2.24) is 0 Å². The van der Waals surface area contributed by atoms with Crippen molar-refractivity contribution in [1.29, 1.82) is 0 Å². The highest BCUT2D eigenvalue weighted by Crippen LogP contribution is 2.38. The lowest BCUT2D eigenvalue weighted by Crippen LogP contribution is -2.32. The molecule has 1 fully saturated rings. The molecule has 0 aliphatic heterocycles. The summed E-state index contributed by atoms with van der Waals surface area (Å²) in [7, 11) is 1.43. The number of nitrogens with one attached hydrogen (secondary N) is 1. The van der Waals surface area contributed by atoms with Crippen molar-refractivity contribution in [2.24, 2.45) is 5.92 Å². The molecule has 2 nitrogen and oxygen atoms in total. The van der Waals surface area contributed by atoms with E-state index in [1.165, 1.54) is 19.2 Å². The number of halogens is 4. The summed E-state index contributed by atoms with van der Waals surface area (Å²) in [5.74, 6) is -1.24. The first-order valence-corrected chi connectivity index (χ1v) is 6.57. The molecule has 1 saturated carbocycles. The number of hydrogen-bond acceptors (Lipinski definition) is 2. The van der Waals surface area contributed by atoms with E-state index in [1.807, 2.05) is 0 Å². The van der Waals surface area contributed by atoms with Crippen LogP contribution in [0.4, 0.5) is 23.2 Å². The van der Waals surface area contributed by atoms with Gasteiger partial charge in [0, 0.05) is 12.1 Å². The van der Waals surface area contributed by atoms with Gasteiger partial charge in [0.25, 0.3) is 0 Å². The number of alkyl halides is 3. The van der Waals surface area contributed by atoms with Crippen molar-refractivity contribution in [3.63, 3.8) is 0 Å². The molecule has 0 heterocycles. The highest BCUT2D eigenvalue weighted by atomic mass is 19.4. The normalized spacial score (nSPS) is 23.4. The Bertz CT molecular complexity index is 453. The van der Waals surface area contributed by atoms with Crippen LogP contribution in [0.5, 0.6) is 5.75 Å². The molecule has 0 aromatic heterocycles. The van der Waals surface area contributed by atoms with Crippen LogP contribution in [-0.4, -0.2) is 19.3 Å². The third-order valence-electron chi connectivity index (χ3n) is 3.71. The molecule has 0 unspecified atom stereocenters. The standard InChI is InChI=1S/C14H17F4NO/c1-20-13-8-10(15)4-7-12(13)19-11-5-2-9(3-6-11)14(16,17)18/h4,7-9,11,19H,2-3,5-6H2,1H3. The number of rotatable bonds is 3. The topological polar surface area (TPSA) is 21.3 Å². The van der Waals surface area contributed by atoms with Crippen molar-refractivity contribution < 1.29 is 22.3 Å². The van der Waals surface area contributed by atoms with Gasteiger partial charge in [-0.2, -0.15) is 13.2 Å². The van der Waals surface area contributed by atoms with Crippen LogP contribution in [0, 0.1) is 11.7 Å². The lowest BCUT2D eigenvalue weighted by molar-refractivity contribution is -0.182. The van der Waals surface area contributed by atoms with Gasteiger partial charge in [0.1, 0.15) is 11.6 Å². The van der Waals surface area contributed by atoms with Crippen molar-refractivity contribution in [3.05, 3.63) is 24.0 Å². The lowest BCUT2D eigenvalue weighted by Gasteiger charge is -2.31. The maximum absolute atomic E-state index is 13.1. The fourth-order valence-corrected chi connectivity index (χ4v) is 2.57. The number of methoxy groups -OCH3 is 1. The molecule has 20 heavy (non-hydrogen) atoms. The second kappa shape index (κ2) is 5.89. The Morgan fingerprint density at radius 3 is 2.35 bits per heavy atom. The zero-order valence-electron chi connectivity index (χ0n) is 11.1. The molecular formula is C14H17F4NO. The Hall–Kier alpha value is -1.46. The van der Waals surface area contributed by atoms with Gasteiger partial charge in [-0.05, 0) is 37.8 Å². The van der Waals surface area contributed by atoms with Gasteiger partial charge >= 0.3 is 6.18 Å². The predicted octanol–water partition coefficient (Wildman–Crippen LogP) is 4.37. The van der Waals surface area contributed by atoms with E-state index < -0.39 is 17.9 Å². The number of benzene rings is 1. The third-order valence-corrected chi connectivity index (χ3v) is 3.71. The van der Waals surface area contributed by atoms with Gasteiger partial charge in [-0.3, -0.25) is 0 Å². The fourth-order valence-electron chi connectivity index (χ4n) is 2.57. The molecule has 0 saturated heterocycles. The summed E-state index contributed by atoms with van der Waals surface area (Å²) in [5, 5.41) is 3.14. The summed E-state index contributed by atoms with van der Waals surface area (Å²) in [5.41, 5.74) is 0.615. The van der Waals surface area contributed by atoms with Crippen LogP contribution in [0.25, 0.3) is 0 Å². The minimum Gasteiger partial charge on any atom is -0.494 e. The summed E-state index contributed by atoms with van der Waals surface area (Å²) < 4.78 is 55.9. The monoisotopic (exact) mass is 291 g/mol. The molecule has 0 atom stereocenters. The van der Waals surface area contributed by atoms with E-state index >= 15 is 0 Å². The van der Waals surface area contributed by atoms with Gasteiger partial charge in [0.2, 0.25) is 0 Å². The van der Waals surface area contributed by atoms with Crippen molar-refractivity contribution in [2.45, 2.75) is 37.9 Å². The molecule has 0 spiro atoms. The first kappa shape index (κ1) is 14.9. The second-order valence-corrected chi connectivity index (χ2v) is 5.08. The minimum atomic E-state index is -4.10. The predicted molar refractivity (Wildman–Crippen MR) is 68.4 cm³/mol. The maximum atomic E-state index is 13.1.